The van der Waals surface area contributed by atoms with Crippen LogP contribution in [0.5, 0.6) is 5.75 Å². The summed E-state index contributed by atoms with van der Waals surface area (Å²) >= 11 is 0. The molecule has 0 spiro atoms. The summed E-state index contributed by atoms with van der Waals surface area (Å²) in [5, 5.41) is 0. The SMILES string of the molecule is Nc1cc2c([nH]c1=O)COc1cnccc1-2. The molecule has 80 valence electrons. The molecule has 16 heavy (non-hydrogen) atoms. The Morgan fingerprint density at radius 1 is 1.44 bits per heavy atom. The van der Waals surface area contributed by atoms with Crippen LogP contribution in [-0.2, 0) is 6.61 Å². The molecular formula is C11H9N3O2. The molecule has 1 aliphatic heterocycles. The first-order valence-corrected chi connectivity index (χ1v) is 4.84. The van der Waals surface area contributed by atoms with Crippen molar-refractivity contribution in [2.24, 2.45) is 0 Å². The quantitative estimate of drug-likeness (QED) is 0.684. The van der Waals surface area contributed by atoms with Gasteiger partial charge in [0, 0.05) is 17.3 Å². The van der Waals surface area contributed by atoms with Gasteiger partial charge < -0.3 is 15.5 Å². The monoisotopic (exact) mass is 215 g/mol. The largest absolute Gasteiger partial charge is 0.485 e. The van der Waals surface area contributed by atoms with Crippen molar-refractivity contribution in [2.75, 3.05) is 5.73 Å². The number of ether oxygens (including phenoxy) is 1. The molecule has 5 nitrogen and oxygen atoms in total. The molecule has 2 aromatic heterocycles. The van der Waals surface area contributed by atoms with Gasteiger partial charge in [-0.3, -0.25) is 9.78 Å². The number of aromatic amines is 1. The fourth-order valence-electron chi connectivity index (χ4n) is 1.81. The normalized spacial score (nSPS) is 12.5. The van der Waals surface area contributed by atoms with Gasteiger partial charge in [0.05, 0.1) is 17.6 Å². The molecule has 1 aliphatic rings. The van der Waals surface area contributed by atoms with E-state index in [0.29, 0.717) is 12.4 Å². The third kappa shape index (κ3) is 1.18. The molecule has 0 saturated heterocycles. The minimum atomic E-state index is -0.278. The molecule has 0 bridgehead atoms. The minimum Gasteiger partial charge on any atom is -0.485 e. The van der Waals surface area contributed by atoms with E-state index >= 15 is 0 Å². The van der Waals surface area contributed by atoms with E-state index in [-0.39, 0.29) is 11.2 Å². The molecule has 3 N–H and O–H groups in total. The van der Waals surface area contributed by atoms with Crippen LogP contribution in [0, 0.1) is 0 Å². The number of nitrogens with zero attached hydrogens (tertiary/aromatic N) is 1. The maximum atomic E-state index is 11.4. The molecular weight excluding hydrogens is 206 g/mol. The van der Waals surface area contributed by atoms with Crippen LogP contribution in [0.25, 0.3) is 11.1 Å². The van der Waals surface area contributed by atoms with E-state index in [4.69, 9.17) is 10.5 Å². The van der Waals surface area contributed by atoms with Crippen molar-refractivity contribution in [1.29, 1.82) is 0 Å². The Labute approximate surface area is 90.9 Å². The van der Waals surface area contributed by atoms with Crippen LogP contribution in [-0.4, -0.2) is 9.97 Å². The summed E-state index contributed by atoms with van der Waals surface area (Å²) in [5.74, 6) is 0.710. The van der Waals surface area contributed by atoms with E-state index in [2.05, 4.69) is 9.97 Å². The van der Waals surface area contributed by atoms with Gasteiger partial charge in [-0.25, -0.2) is 0 Å². The van der Waals surface area contributed by atoms with Crippen LogP contribution in [0.2, 0.25) is 0 Å². The first-order chi connectivity index (χ1) is 7.75. The minimum absolute atomic E-state index is 0.211. The van der Waals surface area contributed by atoms with E-state index in [1.165, 1.54) is 0 Å². The summed E-state index contributed by atoms with van der Waals surface area (Å²) in [5.41, 5.74) is 8.09. The van der Waals surface area contributed by atoms with E-state index < -0.39 is 0 Å². The Kier molecular flexibility index (Phi) is 1.73. The molecule has 3 heterocycles. The number of pyridine rings is 2. The highest BCUT2D eigenvalue weighted by Gasteiger charge is 2.18. The van der Waals surface area contributed by atoms with E-state index in [1.54, 1.807) is 18.5 Å². The van der Waals surface area contributed by atoms with E-state index in [1.807, 2.05) is 6.07 Å². The van der Waals surface area contributed by atoms with Crippen LogP contribution < -0.4 is 16.0 Å². The number of nitrogen functional groups attached to an aromatic ring is 1. The lowest BCUT2D eigenvalue weighted by atomic mass is 10.0. The van der Waals surface area contributed by atoms with Gasteiger partial charge in [0.1, 0.15) is 12.4 Å². The molecule has 0 aliphatic carbocycles. The maximum Gasteiger partial charge on any atom is 0.271 e. The zero-order valence-corrected chi connectivity index (χ0v) is 8.36. The van der Waals surface area contributed by atoms with Crippen LogP contribution in [0.1, 0.15) is 5.69 Å². The van der Waals surface area contributed by atoms with Crippen molar-refractivity contribution in [3.8, 4) is 16.9 Å². The number of anilines is 1. The molecule has 0 radical (unpaired) electrons. The van der Waals surface area contributed by atoms with E-state index in [0.717, 1.165) is 16.8 Å². The van der Waals surface area contributed by atoms with Gasteiger partial charge in [0.25, 0.3) is 5.56 Å². The van der Waals surface area contributed by atoms with Gasteiger partial charge >= 0.3 is 0 Å². The zero-order valence-electron chi connectivity index (χ0n) is 8.36. The van der Waals surface area contributed by atoms with Crippen molar-refractivity contribution >= 4 is 5.69 Å². The lowest BCUT2D eigenvalue weighted by Gasteiger charge is -2.19. The molecule has 0 amide bonds. The zero-order chi connectivity index (χ0) is 11.1. The Hall–Kier alpha value is -2.30. The van der Waals surface area contributed by atoms with Crippen LogP contribution in [0.3, 0.4) is 0 Å². The highest BCUT2D eigenvalue weighted by molar-refractivity contribution is 5.75. The van der Waals surface area contributed by atoms with Crippen LogP contribution in [0.4, 0.5) is 5.69 Å². The topological polar surface area (TPSA) is 81.0 Å². The molecule has 0 unspecified atom stereocenters. The van der Waals surface area contributed by atoms with Crippen molar-refractivity contribution in [3.05, 3.63) is 40.6 Å². The summed E-state index contributed by atoms with van der Waals surface area (Å²) < 4.78 is 5.47. The highest BCUT2D eigenvalue weighted by atomic mass is 16.5. The predicted molar refractivity (Wildman–Crippen MR) is 59.0 cm³/mol. The highest BCUT2D eigenvalue weighted by Crippen LogP contribution is 2.35. The fraction of sp³-hybridized carbons (Fsp3) is 0.0909. The first-order valence-electron chi connectivity index (χ1n) is 4.84. The van der Waals surface area contributed by atoms with Gasteiger partial charge in [-0.15, -0.1) is 0 Å². The Morgan fingerprint density at radius 2 is 2.31 bits per heavy atom. The second-order valence-electron chi connectivity index (χ2n) is 3.61. The van der Waals surface area contributed by atoms with E-state index in [9.17, 15) is 4.79 Å². The van der Waals surface area contributed by atoms with Crippen molar-refractivity contribution < 1.29 is 4.74 Å². The Morgan fingerprint density at radius 3 is 3.19 bits per heavy atom. The fourth-order valence-corrected chi connectivity index (χ4v) is 1.81. The maximum absolute atomic E-state index is 11.4. The van der Waals surface area contributed by atoms with Crippen molar-refractivity contribution in [1.82, 2.24) is 9.97 Å². The number of fused-ring (bicyclic) bond motifs is 3. The third-order valence-corrected chi connectivity index (χ3v) is 2.60. The first kappa shape index (κ1) is 8.96. The Balaban J connectivity index is 2.32. The van der Waals surface area contributed by atoms with Crippen LogP contribution >= 0.6 is 0 Å². The second kappa shape index (κ2) is 3.10. The summed E-state index contributed by atoms with van der Waals surface area (Å²) in [6, 6.07) is 3.51. The molecule has 3 rings (SSSR count). The van der Waals surface area contributed by atoms with Crippen molar-refractivity contribution in [2.45, 2.75) is 6.61 Å². The smallest absolute Gasteiger partial charge is 0.271 e. The lowest BCUT2D eigenvalue weighted by Crippen LogP contribution is -2.18. The van der Waals surface area contributed by atoms with Crippen LogP contribution in [0.15, 0.2) is 29.3 Å². The van der Waals surface area contributed by atoms with Crippen molar-refractivity contribution in [3.63, 3.8) is 0 Å². The third-order valence-electron chi connectivity index (χ3n) is 2.60. The summed E-state index contributed by atoms with van der Waals surface area (Å²) in [6.45, 7) is 0.337. The number of rotatable bonds is 0. The summed E-state index contributed by atoms with van der Waals surface area (Å²) in [6.07, 6.45) is 3.33. The van der Waals surface area contributed by atoms with Gasteiger partial charge in [-0.1, -0.05) is 0 Å². The molecule has 0 saturated carbocycles. The predicted octanol–water partition coefficient (Wildman–Crippen LogP) is 0.911. The Bertz CT molecular complexity index is 619. The average Bonchev–Trinajstić information content (AvgIpc) is 2.31. The summed E-state index contributed by atoms with van der Waals surface area (Å²) in [4.78, 5) is 18.0. The molecule has 2 aromatic rings. The van der Waals surface area contributed by atoms with Gasteiger partial charge in [0.2, 0.25) is 0 Å². The van der Waals surface area contributed by atoms with Gasteiger partial charge in [0.15, 0.2) is 0 Å². The molecule has 0 aromatic carbocycles. The number of nitrogens with two attached hydrogens (primary N) is 1. The molecule has 5 heteroatoms. The number of hydrogen-bond acceptors (Lipinski definition) is 4. The molecule has 0 atom stereocenters. The summed E-state index contributed by atoms with van der Waals surface area (Å²) in [7, 11) is 0. The number of hydrogen-bond donors (Lipinski definition) is 2. The number of nitrogens with one attached hydrogen (secondary N) is 1. The number of H-pyrrole nitrogens is 1. The van der Waals surface area contributed by atoms with Gasteiger partial charge in [-0.05, 0) is 12.1 Å². The molecule has 0 fully saturated rings. The number of aromatic nitrogens is 2. The average molecular weight is 215 g/mol. The van der Waals surface area contributed by atoms with Gasteiger partial charge in [-0.2, -0.15) is 0 Å². The lowest BCUT2D eigenvalue weighted by molar-refractivity contribution is 0.295. The standard InChI is InChI=1S/C11H9N3O2/c12-8-3-7-6-1-2-13-4-10(6)16-5-9(7)14-11(8)15/h1-4H,5,12H2,(H,14,15). The second-order valence-corrected chi connectivity index (χ2v) is 3.61.